The lowest BCUT2D eigenvalue weighted by atomic mass is 10.1. The minimum Gasteiger partial charge on any atom is -0.366 e. The largest absolute Gasteiger partial charge is 0.366 e. The molecule has 2 aromatic carbocycles. The Kier molecular flexibility index (Phi) is 7.59. The second-order valence-electron chi connectivity index (χ2n) is 7.60. The van der Waals surface area contributed by atoms with E-state index in [1.807, 2.05) is 36.1 Å². The second-order valence-corrected chi connectivity index (χ2v) is 7.60. The molecule has 0 bridgehead atoms. The summed E-state index contributed by atoms with van der Waals surface area (Å²) >= 11 is 0. The molecule has 1 heterocycles. The zero-order valence-corrected chi connectivity index (χ0v) is 17.7. The number of nitrogens with one attached hydrogen (secondary N) is 2. The number of nitro benzene ring substituents is 1. The van der Waals surface area contributed by atoms with Crippen LogP contribution in [-0.2, 0) is 11.2 Å². The molecule has 1 aliphatic rings. The Bertz CT molecular complexity index is 952. The van der Waals surface area contributed by atoms with Gasteiger partial charge in [0.25, 0.3) is 11.6 Å². The van der Waals surface area contributed by atoms with Crippen LogP contribution in [0.15, 0.2) is 42.5 Å². The van der Waals surface area contributed by atoms with E-state index >= 15 is 0 Å². The van der Waals surface area contributed by atoms with Crippen molar-refractivity contribution in [3.8, 4) is 0 Å². The maximum atomic E-state index is 12.5. The number of nitro groups is 1. The third-order valence-electron chi connectivity index (χ3n) is 5.46. The molecule has 1 fully saturated rings. The van der Waals surface area contributed by atoms with Gasteiger partial charge in [0.1, 0.15) is 5.69 Å². The summed E-state index contributed by atoms with van der Waals surface area (Å²) < 4.78 is 0. The maximum Gasteiger partial charge on any atom is 0.293 e. The van der Waals surface area contributed by atoms with Crippen molar-refractivity contribution in [1.29, 1.82) is 0 Å². The maximum absolute atomic E-state index is 12.5. The third kappa shape index (κ3) is 5.81. The molecule has 2 amide bonds. The molecule has 2 N–H and O–H groups in total. The molecule has 2 aromatic rings. The number of nitrogens with zero attached hydrogens (tertiary/aromatic N) is 2. The SMILES string of the molecule is CCc1ccccc1NC(=O)CNC(=O)c1ccc(N2CCCCCC2)c([N+](=O)[O-])c1. The molecule has 1 aliphatic heterocycles. The fourth-order valence-electron chi connectivity index (χ4n) is 3.80. The van der Waals surface area contributed by atoms with Gasteiger partial charge in [0, 0.05) is 30.4 Å². The number of carbonyl (C=O) groups excluding carboxylic acids is 2. The highest BCUT2D eigenvalue weighted by atomic mass is 16.6. The predicted octanol–water partition coefficient (Wildman–Crippen LogP) is 3.91. The number of carbonyl (C=O) groups is 2. The summed E-state index contributed by atoms with van der Waals surface area (Å²) in [6.07, 6.45) is 5.01. The third-order valence-corrected chi connectivity index (χ3v) is 5.46. The Balaban J connectivity index is 1.66. The molecule has 0 spiro atoms. The minimum atomic E-state index is -0.524. The van der Waals surface area contributed by atoms with E-state index in [-0.39, 0.29) is 23.7 Å². The summed E-state index contributed by atoms with van der Waals surface area (Å²) in [7, 11) is 0. The van der Waals surface area contributed by atoms with Crippen LogP contribution in [0.4, 0.5) is 17.1 Å². The van der Waals surface area contributed by atoms with Crippen LogP contribution in [-0.4, -0.2) is 36.4 Å². The standard InChI is InChI=1S/C23H28N4O4/c1-2-17-9-5-6-10-19(17)25-22(28)16-24-23(29)18-11-12-20(21(15-18)27(30)31)26-13-7-3-4-8-14-26/h5-6,9-12,15H,2-4,7-8,13-14,16H2,1H3,(H,24,29)(H,25,28). The fraction of sp³-hybridized carbons (Fsp3) is 0.391. The molecule has 31 heavy (non-hydrogen) atoms. The van der Waals surface area contributed by atoms with E-state index in [0.717, 1.165) is 50.8 Å². The molecule has 0 aromatic heterocycles. The predicted molar refractivity (Wildman–Crippen MR) is 121 cm³/mol. The van der Waals surface area contributed by atoms with Crippen LogP contribution in [0.1, 0.15) is 48.5 Å². The Morgan fingerprint density at radius 2 is 1.77 bits per heavy atom. The highest BCUT2D eigenvalue weighted by Crippen LogP contribution is 2.31. The van der Waals surface area contributed by atoms with Crippen LogP contribution in [0.3, 0.4) is 0 Å². The van der Waals surface area contributed by atoms with E-state index in [0.29, 0.717) is 11.4 Å². The number of rotatable bonds is 7. The van der Waals surface area contributed by atoms with Crippen LogP contribution in [0.2, 0.25) is 0 Å². The first-order valence-electron chi connectivity index (χ1n) is 10.7. The molecule has 0 saturated carbocycles. The second kappa shape index (κ2) is 10.6. The van der Waals surface area contributed by atoms with Crippen LogP contribution in [0, 0.1) is 10.1 Å². The van der Waals surface area contributed by atoms with Gasteiger partial charge in [0.15, 0.2) is 0 Å². The fourth-order valence-corrected chi connectivity index (χ4v) is 3.80. The average Bonchev–Trinajstić information content (AvgIpc) is 3.07. The van der Waals surface area contributed by atoms with Gasteiger partial charge in [0.2, 0.25) is 5.91 Å². The molecular weight excluding hydrogens is 396 g/mol. The Morgan fingerprint density at radius 1 is 1.06 bits per heavy atom. The highest BCUT2D eigenvalue weighted by molar-refractivity contribution is 6.00. The monoisotopic (exact) mass is 424 g/mol. The van der Waals surface area contributed by atoms with E-state index in [2.05, 4.69) is 10.6 Å². The van der Waals surface area contributed by atoms with Crippen molar-refractivity contribution in [2.24, 2.45) is 0 Å². The average molecular weight is 425 g/mol. The van der Waals surface area contributed by atoms with Gasteiger partial charge in [-0.05, 0) is 43.0 Å². The summed E-state index contributed by atoms with van der Waals surface area (Å²) in [4.78, 5) is 38.0. The Labute approximate surface area is 181 Å². The molecule has 0 radical (unpaired) electrons. The van der Waals surface area contributed by atoms with E-state index in [4.69, 9.17) is 0 Å². The molecule has 1 saturated heterocycles. The zero-order chi connectivity index (χ0) is 22.2. The van der Waals surface area contributed by atoms with E-state index < -0.39 is 10.8 Å². The quantitative estimate of drug-likeness (QED) is 0.518. The van der Waals surface area contributed by atoms with Gasteiger partial charge >= 0.3 is 0 Å². The summed E-state index contributed by atoms with van der Waals surface area (Å²) in [6, 6.07) is 12.0. The van der Waals surface area contributed by atoms with Crippen molar-refractivity contribution >= 4 is 28.9 Å². The molecule has 0 unspecified atom stereocenters. The van der Waals surface area contributed by atoms with Crippen molar-refractivity contribution in [2.45, 2.75) is 39.0 Å². The van der Waals surface area contributed by atoms with Crippen LogP contribution < -0.4 is 15.5 Å². The number of hydrogen-bond donors (Lipinski definition) is 2. The number of para-hydroxylation sites is 1. The minimum absolute atomic E-state index is 0.0872. The molecule has 0 aliphatic carbocycles. The number of benzene rings is 2. The van der Waals surface area contributed by atoms with Gasteiger partial charge in [-0.3, -0.25) is 19.7 Å². The van der Waals surface area contributed by atoms with E-state index in [9.17, 15) is 19.7 Å². The van der Waals surface area contributed by atoms with Gasteiger partial charge in [-0.2, -0.15) is 0 Å². The summed E-state index contributed by atoms with van der Waals surface area (Å²) in [6.45, 7) is 3.31. The van der Waals surface area contributed by atoms with Crippen LogP contribution >= 0.6 is 0 Å². The van der Waals surface area contributed by atoms with Crippen LogP contribution in [0.5, 0.6) is 0 Å². The number of hydrogen-bond acceptors (Lipinski definition) is 5. The first kappa shape index (κ1) is 22.3. The zero-order valence-electron chi connectivity index (χ0n) is 17.7. The lowest BCUT2D eigenvalue weighted by molar-refractivity contribution is -0.384. The van der Waals surface area contributed by atoms with Crippen molar-refractivity contribution < 1.29 is 14.5 Å². The lowest BCUT2D eigenvalue weighted by Crippen LogP contribution is -2.33. The van der Waals surface area contributed by atoms with Crippen molar-refractivity contribution in [1.82, 2.24) is 5.32 Å². The number of aryl methyl sites for hydroxylation is 1. The molecule has 0 atom stereocenters. The molecule has 8 heteroatoms. The topological polar surface area (TPSA) is 105 Å². The van der Waals surface area contributed by atoms with Gasteiger partial charge in [-0.15, -0.1) is 0 Å². The smallest absolute Gasteiger partial charge is 0.293 e. The van der Waals surface area contributed by atoms with Crippen molar-refractivity contribution in [3.05, 3.63) is 63.7 Å². The summed E-state index contributed by atoms with van der Waals surface area (Å²) in [5.74, 6) is -0.880. The Morgan fingerprint density at radius 3 is 2.45 bits per heavy atom. The van der Waals surface area contributed by atoms with Crippen molar-refractivity contribution in [2.75, 3.05) is 29.9 Å². The lowest BCUT2D eigenvalue weighted by Gasteiger charge is -2.22. The summed E-state index contributed by atoms with van der Waals surface area (Å²) in [5, 5.41) is 17.0. The van der Waals surface area contributed by atoms with Crippen LogP contribution in [0.25, 0.3) is 0 Å². The van der Waals surface area contributed by atoms with Gasteiger partial charge in [0.05, 0.1) is 11.5 Å². The first-order valence-corrected chi connectivity index (χ1v) is 10.7. The van der Waals surface area contributed by atoms with Gasteiger partial charge in [-0.25, -0.2) is 0 Å². The number of anilines is 2. The first-order chi connectivity index (χ1) is 15.0. The summed E-state index contributed by atoms with van der Waals surface area (Å²) in [5.41, 5.74) is 2.32. The van der Waals surface area contributed by atoms with E-state index in [1.165, 1.54) is 6.07 Å². The molecule has 164 valence electrons. The molecule has 8 nitrogen and oxygen atoms in total. The van der Waals surface area contributed by atoms with Crippen molar-refractivity contribution in [3.63, 3.8) is 0 Å². The molecule has 3 rings (SSSR count). The number of amides is 2. The van der Waals surface area contributed by atoms with E-state index in [1.54, 1.807) is 12.1 Å². The Hall–Kier alpha value is -3.42. The normalized spacial score (nSPS) is 13.9. The van der Waals surface area contributed by atoms with Gasteiger partial charge in [-0.1, -0.05) is 38.0 Å². The highest BCUT2D eigenvalue weighted by Gasteiger charge is 2.23. The van der Waals surface area contributed by atoms with Gasteiger partial charge < -0.3 is 15.5 Å². The molecular formula is C23H28N4O4.